The molecule has 106 valence electrons. The van der Waals surface area contributed by atoms with Crippen LogP contribution in [0.5, 0.6) is 0 Å². The summed E-state index contributed by atoms with van der Waals surface area (Å²) in [5.74, 6) is 0.862. The molecule has 1 aromatic rings. The second-order valence-electron chi connectivity index (χ2n) is 5.30. The standard InChI is InChI=1S/C13H21N3O2S/c1-13(2,3)19-9-5-6-10(17)15-11-12(18)16(4)8-7-14-11/h7-8H,5-6,9H2,1-4H3,(H,14,15,17). The summed E-state index contributed by atoms with van der Waals surface area (Å²) in [5, 5.41) is 2.56. The summed E-state index contributed by atoms with van der Waals surface area (Å²) in [7, 11) is 1.62. The maximum atomic E-state index is 11.7. The average molecular weight is 283 g/mol. The monoisotopic (exact) mass is 283 g/mol. The summed E-state index contributed by atoms with van der Waals surface area (Å²) in [6.07, 6.45) is 4.24. The molecule has 0 aliphatic heterocycles. The molecule has 1 amide bonds. The average Bonchev–Trinajstić information content (AvgIpc) is 2.29. The van der Waals surface area contributed by atoms with E-state index in [0.29, 0.717) is 6.42 Å². The zero-order valence-electron chi connectivity index (χ0n) is 11.9. The van der Waals surface area contributed by atoms with E-state index in [9.17, 15) is 9.59 Å². The van der Waals surface area contributed by atoms with Crippen LogP contribution in [0, 0.1) is 0 Å². The van der Waals surface area contributed by atoms with Gasteiger partial charge in [-0.05, 0) is 12.2 Å². The Balaban J connectivity index is 2.40. The smallest absolute Gasteiger partial charge is 0.293 e. The van der Waals surface area contributed by atoms with E-state index in [-0.39, 0.29) is 22.0 Å². The second-order valence-corrected chi connectivity index (χ2v) is 7.23. The highest BCUT2D eigenvalue weighted by Crippen LogP contribution is 2.23. The summed E-state index contributed by atoms with van der Waals surface area (Å²) >= 11 is 1.83. The highest BCUT2D eigenvalue weighted by atomic mass is 32.2. The normalized spacial score (nSPS) is 11.4. The second kappa shape index (κ2) is 6.75. The van der Waals surface area contributed by atoms with Crippen molar-refractivity contribution < 1.29 is 4.79 Å². The maximum absolute atomic E-state index is 11.7. The molecule has 0 atom stereocenters. The van der Waals surface area contributed by atoms with Crippen LogP contribution in [-0.4, -0.2) is 26.0 Å². The minimum atomic E-state index is -0.292. The van der Waals surface area contributed by atoms with Gasteiger partial charge < -0.3 is 9.88 Å². The van der Waals surface area contributed by atoms with Gasteiger partial charge in [-0.2, -0.15) is 11.8 Å². The number of hydrogen-bond donors (Lipinski definition) is 1. The van der Waals surface area contributed by atoms with Crippen LogP contribution in [0.3, 0.4) is 0 Å². The Morgan fingerprint density at radius 3 is 2.79 bits per heavy atom. The number of aromatic nitrogens is 2. The van der Waals surface area contributed by atoms with E-state index in [4.69, 9.17) is 0 Å². The van der Waals surface area contributed by atoms with Crippen molar-refractivity contribution in [3.8, 4) is 0 Å². The van der Waals surface area contributed by atoms with Crippen molar-refractivity contribution in [1.29, 1.82) is 0 Å². The summed E-state index contributed by atoms with van der Waals surface area (Å²) < 4.78 is 1.60. The fourth-order valence-corrected chi connectivity index (χ4v) is 2.29. The van der Waals surface area contributed by atoms with Crippen LogP contribution in [0.25, 0.3) is 0 Å². The van der Waals surface area contributed by atoms with Crippen LogP contribution in [0.1, 0.15) is 33.6 Å². The Morgan fingerprint density at radius 1 is 1.47 bits per heavy atom. The lowest BCUT2D eigenvalue weighted by Gasteiger charge is -2.16. The minimum Gasteiger partial charge on any atom is -0.314 e. The van der Waals surface area contributed by atoms with Gasteiger partial charge in [0.2, 0.25) is 5.91 Å². The number of aryl methyl sites for hydroxylation is 1. The van der Waals surface area contributed by atoms with Gasteiger partial charge in [-0.25, -0.2) is 4.98 Å². The summed E-state index contributed by atoms with van der Waals surface area (Å²) in [4.78, 5) is 27.2. The van der Waals surface area contributed by atoms with Gasteiger partial charge >= 0.3 is 0 Å². The predicted molar refractivity (Wildman–Crippen MR) is 79.6 cm³/mol. The highest BCUT2D eigenvalue weighted by Gasteiger charge is 2.11. The van der Waals surface area contributed by atoms with Crippen LogP contribution < -0.4 is 10.9 Å². The van der Waals surface area contributed by atoms with Gasteiger partial charge in [-0.1, -0.05) is 20.8 Å². The van der Waals surface area contributed by atoms with Crippen LogP contribution >= 0.6 is 11.8 Å². The molecule has 0 fully saturated rings. The van der Waals surface area contributed by atoms with E-state index in [1.807, 2.05) is 11.8 Å². The number of nitrogens with one attached hydrogen (secondary N) is 1. The van der Waals surface area contributed by atoms with Crippen molar-refractivity contribution in [2.24, 2.45) is 7.05 Å². The number of nitrogens with zero attached hydrogens (tertiary/aromatic N) is 2. The minimum absolute atomic E-state index is 0.0958. The molecule has 0 aliphatic carbocycles. The molecular formula is C13H21N3O2S. The molecule has 0 saturated carbocycles. The molecule has 0 unspecified atom stereocenters. The Morgan fingerprint density at radius 2 is 2.16 bits per heavy atom. The van der Waals surface area contributed by atoms with E-state index in [2.05, 4.69) is 31.1 Å². The Labute approximate surface area is 117 Å². The van der Waals surface area contributed by atoms with Gasteiger partial charge in [0.05, 0.1) is 0 Å². The molecule has 1 aromatic heterocycles. The number of thioether (sulfide) groups is 1. The molecule has 0 spiro atoms. The van der Waals surface area contributed by atoms with Crippen molar-refractivity contribution in [3.05, 3.63) is 22.7 Å². The van der Waals surface area contributed by atoms with Crippen molar-refractivity contribution in [2.75, 3.05) is 11.1 Å². The zero-order valence-corrected chi connectivity index (χ0v) is 12.7. The molecule has 1 rings (SSSR count). The van der Waals surface area contributed by atoms with Crippen LogP contribution in [0.4, 0.5) is 5.82 Å². The molecule has 19 heavy (non-hydrogen) atoms. The number of rotatable bonds is 5. The molecule has 0 bridgehead atoms. The third-order valence-electron chi connectivity index (χ3n) is 2.36. The lowest BCUT2D eigenvalue weighted by Crippen LogP contribution is -2.25. The van der Waals surface area contributed by atoms with E-state index < -0.39 is 0 Å². The van der Waals surface area contributed by atoms with Gasteiger partial charge in [0.15, 0.2) is 5.82 Å². The van der Waals surface area contributed by atoms with Gasteiger partial charge in [0, 0.05) is 30.6 Å². The lowest BCUT2D eigenvalue weighted by atomic mass is 10.3. The SMILES string of the molecule is Cn1ccnc(NC(=O)CCCSC(C)(C)C)c1=O. The zero-order chi connectivity index (χ0) is 14.5. The quantitative estimate of drug-likeness (QED) is 0.840. The highest BCUT2D eigenvalue weighted by molar-refractivity contribution is 8.00. The molecule has 0 saturated heterocycles. The van der Waals surface area contributed by atoms with Crippen LogP contribution in [-0.2, 0) is 11.8 Å². The summed E-state index contributed by atoms with van der Waals surface area (Å²) in [6.45, 7) is 6.44. The van der Waals surface area contributed by atoms with Gasteiger partial charge in [0.1, 0.15) is 0 Å². The molecule has 5 nitrogen and oxygen atoms in total. The molecule has 1 N–H and O–H groups in total. The van der Waals surface area contributed by atoms with Crippen molar-refractivity contribution in [1.82, 2.24) is 9.55 Å². The van der Waals surface area contributed by atoms with Crippen molar-refractivity contribution in [3.63, 3.8) is 0 Å². The lowest BCUT2D eigenvalue weighted by molar-refractivity contribution is -0.116. The van der Waals surface area contributed by atoms with E-state index in [1.165, 1.54) is 10.8 Å². The molecule has 0 aliphatic rings. The predicted octanol–water partition coefficient (Wildman–Crippen LogP) is 2.03. The van der Waals surface area contributed by atoms with Crippen LogP contribution in [0.15, 0.2) is 17.2 Å². The molecule has 1 heterocycles. The Hall–Kier alpha value is -1.30. The largest absolute Gasteiger partial charge is 0.314 e. The van der Waals surface area contributed by atoms with E-state index in [0.717, 1.165) is 12.2 Å². The third-order valence-corrected chi connectivity index (χ3v) is 3.72. The molecule has 0 radical (unpaired) electrons. The van der Waals surface area contributed by atoms with Crippen LogP contribution in [0.2, 0.25) is 0 Å². The third kappa shape index (κ3) is 5.92. The molecular weight excluding hydrogens is 262 g/mol. The van der Waals surface area contributed by atoms with E-state index >= 15 is 0 Å². The first kappa shape index (κ1) is 15.8. The maximum Gasteiger partial charge on any atom is 0.293 e. The number of hydrogen-bond acceptors (Lipinski definition) is 4. The number of carbonyl (C=O) groups is 1. The van der Waals surface area contributed by atoms with Crippen molar-refractivity contribution in [2.45, 2.75) is 38.4 Å². The van der Waals surface area contributed by atoms with Gasteiger partial charge in [0.25, 0.3) is 5.56 Å². The Kier molecular flexibility index (Phi) is 5.60. The molecule has 6 heteroatoms. The summed E-state index contributed by atoms with van der Waals surface area (Å²) in [6, 6.07) is 0. The number of amides is 1. The first-order valence-corrected chi connectivity index (χ1v) is 7.23. The first-order chi connectivity index (χ1) is 8.79. The summed E-state index contributed by atoms with van der Waals surface area (Å²) in [5.41, 5.74) is -0.292. The van der Waals surface area contributed by atoms with Gasteiger partial charge in [-0.3, -0.25) is 9.59 Å². The van der Waals surface area contributed by atoms with Crippen molar-refractivity contribution >= 4 is 23.5 Å². The Bertz CT molecular complexity index is 491. The topological polar surface area (TPSA) is 64.0 Å². The number of carbonyl (C=O) groups excluding carboxylic acids is 1. The number of anilines is 1. The molecule has 0 aromatic carbocycles. The van der Waals surface area contributed by atoms with Gasteiger partial charge in [-0.15, -0.1) is 0 Å². The van der Waals surface area contributed by atoms with E-state index in [1.54, 1.807) is 13.2 Å². The fourth-order valence-electron chi connectivity index (χ4n) is 1.39. The fraction of sp³-hybridized carbons (Fsp3) is 0.615. The first-order valence-electron chi connectivity index (χ1n) is 6.25.